The fourth-order valence-electron chi connectivity index (χ4n) is 2.63. The summed E-state index contributed by atoms with van der Waals surface area (Å²) in [5, 5.41) is 0. The number of hydrogen-bond acceptors (Lipinski definition) is 3. The van der Waals surface area contributed by atoms with Crippen LogP contribution in [0.3, 0.4) is 0 Å². The summed E-state index contributed by atoms with van der Waals surface area (Å²) in [6.45, 7) is 8.57. The SMILES string of the molecule is CCN(CCCN)C(C)C(=O)N1CCCCCC1. The smallest absolute Gasteiger partial charge is 0.239 e. The summed E-state index contributed by atoms with van der Waals surface area (Å²) in [6, 6.07) is -0.000324. The Morgan fingerprint density at radius 3 is 2.39 bits per heavy atom. The van der Waals surface area contributed by atoms with Gasteiger partial charge >= 0.3 is 0 Å². The molecule has 0 spiro atoms. The molecule has 1 saturated heterocycles. The van der Waals surface area contributed by atoms with E-state index in [2.05, 4.69) is 16.7 Å². The van der Waals surface area contributed by atoms with Gasteiger partial charge in [-0.05, 0) is 39.3 Å². The summed E-state index contributed by atoms with van der Waals surface area (Å²) < 4.78 is 0. The number of likely N-dealkylation sites (tertiary alicyclic amines) is 1. The zero-order valence-corrected chi connectivity index (χ0v) is 12.0. The summed E-state index contributed by atoms with van der Waals surface area (Å²) in [7, 11) is 0. The quantitative estimate of drug-likeness (QED) is 0.781. The van der Waals surface area contributed by atoms with Crippen LogP contribution in [0.5, 0.6) is 0 Å². The number of hydrogen-bond donors (Lipinski definition) is 1. The predicted molar refractivity (Wildman–Crippen MR) is 75.4 cm³/mol. The van der Waals surface area contributed by atoms with Crippen LogP contribution in [0.2, 0.25) is 0 Å². The Morgan fingerprint density at radius 1 is 1.28 bits per heavy atom. The highest BCUT2D eigenvalue weighted by Gasteiger charge is 2.25. The summed E-state index contributed by atoms with van der Waals surface area (Å²) >= 11 is 0. The number of carbonyl (C=O) groups is 1. The monoisotopic (exact) mass is 255 g/mol. The van der Waals surface area contributed by atoms with E-state index >= 15 is 0 Å². The van der Waals surface area contributed by atoms with Crippen molar-refractivity contribution in [3.8, 4) is 0 Å². The van der Waals surface area contributed by atoms with Gasteiger partial charge in [0.05, 0.1) is 6.04 Å². The third-order valence-corrected chi connectivity index (χ3v) is 3.88. The van der Waals surface area contributed by atoms with Crippen molar-refractivity contribution >= 4 is 5.91 Å². The van der Waals surface area contributed by atoms with Gasteiger partial charge in [-0.1, -0.05) is 19.8 Å². The molecule has 1 heterocycles. The second-order valence-corrected chi connectivity index (χ2v) is 5.19. The van der Waals surface area contributed by atoms with Crippen LogP contribution in [0.15, 0.2) is 0 Å². The lowest BCUT2D eigenvalue weighted by Gasteiger charge is -2.31. The van der Waals surface area contributed by atoms with Gasteiger partial charge in [-0.3, -0.25) is 9.69 Å². The minimum Gasteiger partial charge on any atom is -0.341 e. The molecule has 0 saturated carbocycles. The third kappa shape index (κ3) is 4.58. The molecule has 1 aliphatic heterocycles. The van der Waals surface area contributed by atoms with Crippen molar-refractivity contribution in [3.05, 3.63) is 0 Å². The molecule has 0 aromatic carbocycles. The van der Waals surface area contributed by atoms with E-state index in [-0.39, 0.29) is 6.04 Å². The van der Waals surface area contributed by atoms with Crippen molar-refractivity contribution in [2.45, 2.75) is 52.0 Å². The highest BCUT2D eigenvalue weighted by molar-refractivity contribution is 5.81. The number of rotatable bonds is 6. The molecule has 0 bridgehead atoms. The van der Waals surface area contributed by atoms with E-state index in [1.165, 1.54) is 12.8 Å². The Morgan fingerprint density at radius 2 is 1.89 bits per heavy atom. The van der Waals surface area contributed by atoms with Gasteiger partial charge in [0.25, 0.3) is 0 Å². The molecule has 106 valence electrons. The maximum Gasteiger partial charge on any atom is 0.239 e. The van der Waals surface area contributed by atoms with E-state index in [0.29, 0.717) is 12.5 Å². The number of amides is 1. The van der Waals surface area contributed by atoms with Gasteiger partial charge in [0.2, 0.25) is 5.91 Å². The molecule has 1 atom stereocenters. The molecule has 18 heavy (non-hydrogen) atoms. The highest BCUT2D eigenvalue weighted by Crippen LogP contribution is 2.13. The largest absolute Gasteiger partial charge is 0.341 e. The maximum atomic E-state index is 12.5. The van der Waals surface area contributed by atoms with Crippen LogP contribution in [0.25, 0.3) is 0 Å². The summed E-state index contributed by atoms with van der Waals surface area (Å²) in [4.78, 5) is 16.8. The van der Waals surface area contributed by atoms with Crippen molar-refractivity contribution in [2.75, 3.05) is 32.7 Å². The minimum atomic E-state index is -0.000324. The first-order valence-corrected chi connectivity index (χ1v) is 7.43. The van der Waals surface area contributed by atoms with E-state index in [0.717, 1.165) is 45.4 Å². The van der Waals surface area contributed by atoms with Crippen LogP contribution in [-0.4, -0.2) is 54.5 Å². The maximum absolute atomic E-state index is 12.5. The zero-order chi connectivity index (χ0) is 13.4. The van der Waals surface area contributed by atoms with Crippen molar-refractivity contribution in [3.63, 3.8) is 0 Å². The van der Waals surface area contributed by atoms with E-state index in [1.807, 2.05) is 6.92 Å². The van der Waals surface area contributed by atoms with E-state index in [4.69, 9.17) is 5.73 Å². The molecule has 1 rings (SSSR count). The second kappa shape index (κ2) is 8.48. The summed E-state index contributed by atoms with van der Waals surface area (Å²) in [5.41, 5.74) is 5.55. The van der Waals surface area contributed by atoms with Crippen LogP contribution >= 0.6 is 0 Å². The normalized spacial score (nSPS) is 18.8. The molecule has 2 N–H and O–H groups in total. The average molecular weight is 255 g/mol. The number of nitrogens with zero attached hydrogens (tertiary/aromatic N) is 2. The topological polar surface area (TPSA) is 49.6 Å². The lowest BCUT2D eigenvalue weighted by molar-refractivity contribution is -0.136. The van der Waals surface area contributed by atoms with Gasteiger partial charge in [-0.2, -0.15) is 0 Å². The minimum absolute atomic E-state index is 0.000324. The fourth-order valence-corrected chi connectivity index (χ4v) is 2.63. The highest BCUT2D eigenvalue weighted by atomic mass is 16.2. The lowest BCUT2D eigenvalue weighted by Crippen LogP contribution is -2.48. The van der Waals surface area contributed by atoms with Crippen molar-refractivity contribution in [1.82, 2.24) is 9.80 Å². The molecule has 1 aliphatic rings. The first-order chi connectivity index (χ1) is 8.70. The van der Waals surface area contributed by atoms with Gasteiger partial charge < -0.3 is 10.6 Å². The van der Waals surface area contributed by atoms with E-state index in [9.17, 15) is 4.79 Å². The molecule has 1 fully saturated rings. The predicted octanol–water partition coefficient (Wildman–Crippen LogP) is 1.45. The lowest BCUT2D eigenvalue weighted by atomic mass is 10.2. The van der Waals surface area contributed by atoms with Crippen molar-refractivity contribution in [1.29, 1.82) is 0 Å². The molecule has 0 aromatic rings. The van der Waals surface area contributed by atoms with Crippen LogP contribution in [0, 0.1) is 0 Å². The van der Waals surface area contributed by atoms with Crippen LogP contribution < -0.4 is 5.73 Å². The Hall–Kier alpha value is -0.610. The van der Waals surface area contributed by atoms with Gasteiger partial charge in [0.15, 0.2) is 0 Å². The number of likely N-dealkylation sites (N-methyl/N-ethyl adjacent to an activating group) is 1. The number of carbonyl (C=O) groups excluding carboxylic acids is 1. The van der Waals surface area contributed by atoms with Crippen LogP contribution in [0.1, 0.15) is 46.0 Å². The standard InChI is InChI=1S/C14H29N3O/c1-3-16(12-8-9-15)13(2)14(18)17-10-6-4-5-7-11-17/h13H,3-12,15H2,1-2H3. The van der Waals surface area contributed by atoms with Gasteiger partial charge in [-0.15, -0.1) is 0 Å². The molecule has 0 radical (unpaired) electrons. The summed E-state index contributed by atoms with van der Waals surface area (Å²) in [6.07, 6.45) is 5.82. The van der Waals surface area contributed by atoms with Gasteiger partial charge in [0.1, 0.15) is 0 Å². The second-order valence-electron chi connectivity index (χ2n) is 5.19. The Labute approximate surface area is 111 Å². The molecular weight excluding hydrogens is 226 g/mol. The van der Waals surface area contributed by atoms with Crippen molar-refractivity contribution < 1.29 is 4.79 Å². The Kier molecular flexibility index (Phi) is 7.28. The Bertz CT molecular complexity index is 237. The van der Waals surface area contributed by atoms with Crippen LogP contribution in [0.4, 0.5) is 0 Å². The fraction of sp³-hybridized carbons (Fsp3) is 0.929. The molecule has 4 nitrogen and oxygen atoms in total. The molecule has 0 aliphatic carbocycles. The zero-order valence-electron chi connectivity index (χ0n) is 12.0. The first kappa shape index (κ1) is 15.4. The third-order valence-electron chi connectivity index (χ3n) is 3.88. The van der Waals surface area contributed by atoms with E-state index in [1.54, 1.807) is 0 Å². The molecule has 0 aromatic heterocycles. The van der Waals surface area contributed by atoms with Gasteiger partial charge in [-0.25, -0.2) is 0 Å². The summed E-state index contributed by atoms with van der Waals surface area (Å²) in [5.74, 6) is 0.302. The van der Waals surface area contributed by atoms with Crippen LogP contribution in [-0.2, 0) is 4.79 Å². The first-order valence-electron chi connectivity index (χ1n) is 7.43. The molecule has 1 unspecified atom stereocenters. The molecule has 4 heteroatoms. The molecular formula is C14H29N3O. The Balaban J connectivity index is 2.51. The number of nitrogens with two attached hydrogens (primary N) is 1. The van der Waals surface area contributed by atoms with E-state index < -0.39 is 0 Å². The van der Waals surface area contributed by atoms with Gasteiger partial charge in [0, 0.05) is 19.6 Å². The average Bonchev–Trinajstić information content (AvgIpc) is 2.67. The van der Waals surface area contributed by atoms with Crippen molar-refractivity contribution in [2.24, 2.45) is 5.73 Å². The molecule has 1 amide bonds.